The number of hydrogen-bond acceptors (Lipinski definition) is 3. The van der Waals surface area contributed by atoms with Crippen molar-refractivity contribution in [1.29, 1.82) is 0 Å². The molecule has 2 rings (SSSR count). The van der Waals surface area contributed by atoms with Crippen LogP contribution < -0.4 is 16.0 Å². The van der Waals surface area contributed by atoms with E-state index in [1.807, 2.05) is 44.2 Å². The van der Waals surface area contributed by atoms with Crippen LogP contribution in [0.3, 0.4) is 0 Å². The van der Waals surface area contributed by atoms with Gasteiger partial charge in [-0.25, -0.2) is 0 Å². The Bertz CT molecular complexity index is 790. The van der Waals surface area contributed by atoms with Gasteiger partial charge in [0.25, 0.3) is 5.91 Å². The quantitative estimate of drug-likeness (QED) is 0.657. The number of carbonyl (C=O) groups is 3. The van der Waals surface area contributed by atoms with Gasteiger partial charge in [0.2, 0.25) is 0 Å². The second-order valence-corrected chi connectivity index (χ2v) is 6.27. The first kappa shape index (κ1) is 20.2. The van der Waals surface area contributed by atoms with Crippen molar-refractivity contribution in [3.8, 4) is 0 Å². The lowest BCUT2D eigenvalue weighted by molar-refractivity contribution is -0.136. The van der Waals surface area contributed by atoms with Crippen molar-refractivity contribution in [2.24, 2.45) is 0 Å². The van der Waals surface area contributed by atoms with Crippen LogP contribution >= 0.6 is 0 Å². The van der Waals surface area contributed by atoms with Crippen molar-refractivity contribution in [3.05, 3.63) is 65.7 Å². The molecule has 2 aromatic rings. The Morgan fingerprint density at radius 1 is 0.926 bits per heavy atom. The first-order valence-electron chi connectivity index (χ1n) is 9.04. The van der Waals surface area contributed by atoms with Gasteiger partial charge < -0.3 is 16.0 Å². The molecular formula is C21H25N3O3. The molecule has 1 atom stereocenters. The van der Waals surface area contributed by atoms with Crippen LogP contribution in [0, 0.1) is 0 Å². The summed E-state index contributed by atoms with van der Waals surface area (Å²) in [6, 6.07) is 16.4. The molecule has 0 saturated heterocycles. The molecule has 0 aliphatic carbocycles. The molecule has 0 saturated carbocycles. The minimum atomic E-state index is -0.792. The molecular weight excluding hydrogens is 342 g/mol. The van der Waals surface area contributed by atoms with Crippen LogP contribution in [0.1, 0.15) is 36.2 Å². The van der Waals surface area contributed by atoms with Crippen LogP contribution in [-0.4, -0.2) is 30.3 Å². The predicted octanol–water partition coefficient (Wildman–Crippen LogP) is 2.51. The van der Waals surface area contributed by atoms with E-state index in [-0.39, 0.29) is 11.9 Å². The van der Waals surface area contributed by atoms with Crippen LogP contribution in [0.4, 0.5) is 5.69 Å². The van der Waals surface area contributed by atoms with Crippen LogP contribution in [0.25, 0.3) is 0 Å². The highest BCUT2D eigenvalue weighted by atomic mass is 16.2. The summed E-state index contributed by atoms with van der Waals surface area (Å²) >= 11 is 0. The van der Waals surface area contributed by atoms with E-state index in [1.165, 1.54) is 0 Å². The summed E-state index contributed by atoms with van der Waals surface area (Å²) in [5.41, 5.74) is 1.75. The molecule has 0 aromatic heterocycles. The Morgan fingerprint density at radius 3 is 2.30 bits per heavy atom. The van der Waals surface area contributed by atoms with Crippen LogP contribution in [-0.2, 0) is 16.0 Å². The number of carbonyl (C=O) groups excluding carboxylic acids is 3. The van der Waals surface area contributed by atoms with E-state index in [0.29, 0.717) is 24.2 Å². The van der Waals surface area contributed by atoms with Crippen molar-refractivity contribution in [3.63, 3.8) is 0 Å². The first-order chi connectivity index (χ1) is 13.0. The molecule has 3 N–H and O–H groups in total. The highest BCUT2D eigenvalue weighted by Gasteiger charge is 2.18. The SMILES string of the molecule is CC[C@H](C)NC(=O)C(=O)Nc1ccccc1C(=O)NCCc1ccccc1. The third-order valence-corrected chi connectivity index (χ3v) is 4.16. The Morgan fingerprint density at radius 2 is 1.59 bits per heavy atom. The van der Waals surface area contributed by atoms with E-state index in [4.69, 9.17) is 0 Å². The van der Waals surface area contributed by atoms with Crippen molar-refractivity contribution < 1.29 is 14.4 Å². The zero-order valence-electron chi connectivity index (χ0n) is 15.6. The van der Waals surface area contributed by atoms with Gasteiger partial charge in [-0.1, -0.05) is 49.4 Å². The minimum absolute atomic E-state index is 0.0974. The second kappa shape index (κ2) is 10.1. The average molecular weight is 367 g/mol. The fourth-order valence-electron chi connectivity index (χ4n) is 2.42. The molecule has 0 bridgehead atoms. The van der Waals surface area contributed by atoms with Crippen molar-refractivity contribution >= 4 is 23.4 Å². The molecule has 3 amide bonds. The number of hydrogen-bond donors (Lipinski definition) is 3. The summed E-state index contributed by atoms with van der Waals surface area (Å²) in [7, 11) is 0. The van der Waals surface area contributed by atoms with Crippen molar-refractivity contribution in [2.75, 3.05) is 11.9 Å². The summed E-state index contributed by atoms with van der Waals surface area (Å²) in [4.78, 5) is 36.5. The van der Waals surface area contributed by atoms with Crippen molar-refractivity contribution in [1.82, 2.24) is 10.6 Å². The maximum Gasteiger partial charge on any atom is 0.313 e. The van der Waals surface area contributed by atoms with Crippen LogP contribution in [0.2, 0.25) is 0 Å². The highest BCUT2D eigenvalue weighted by molar-refractivity contribution is 6.40. The van der Waals surface area contributed by atoms with Crippen LogP contribution in [0.15, 0.2) is 54.6 Å². The third-order valence-electron chi connectivity index (χ3n) is 4.16. The average Bonchev–Trinajstić information content (AvgIpc) is 2.68. The van der Waals surface area contributed by atoms with E-state index in [2.05, 4.69) is 16.0 Å². The summed E-state index contributed by atoms with van der Waals surface area (Å²) in [6.45, 7) is 4.21. The molecule has 0 unspecified atom stereocenters. The van der Waals surface area contributed by atoms with Gasteiger partial charge in [-0.15, -0.1) is 0 Å². The van der Waals surface area contributed by atoms with E-state index >= 15 is 0 Å². The van der Waals surface area contributed by atoms with Crippen LogP contribution in [0.5, 0.6) is 0 Å². The van der Waals surface area contributed by atoms with E-state index in [0.717, 1.165) is 12.0 Å². The number of nitrogens with one attached hydrogen (secondary N) is 3. The number of anilines is 1. The molecule has 142 valence electrons. The zero-order chi connectivity index (χ0) is 19.6. The maximum absolute atomic E-state index is 12.5. The molecule has 0 radical (unpaired) electrons. The largest absolute Gasteiger partial charge is 0.352 e. The van der Waals surface area contributed by atoms with Gasteiger partial charge in [0, 0.05) is 12.6 Å². The Balaban J connectivity index is 1.96. The van der Waals surface area contributed by atoms with Gasteiger partial charge in [-0.05, 0) is 37.5 Å². The number of rotatable bonds is 7. The Kier molecular flexibility index (Phi) is 7.55. The predicted molar refractivity (Wildman–Crippen MR) is 105 cm³/mol. The topological polar surface area (TPSA) is 87.3 Å². The van der Waals surface area contributed by atoms with E-state index < -0.39 is 11.8 Å². The molecule has 2 aromatic carbocycles. The molecule has 0 aliphatic rings. The van der Waals surface area contributed by atoms with E-state index in [1.54, 1.807) is 24.3 Å². The lowest BCUT2D eigenvalue weighted by atomic mass is 10.1. The minimum Gasteiger partial charge on any atom is -0.352 e. The zero-order valence-corrected chi connectivity index (χ0v) is 15.6. The van der Waals surface area contributed by atoms with Gasteiger partial charge in [-0.2, -0.15) is 0 Å². The summed E-state index contributed by atoms with van der Waals surface area (Å²) in [5.74, 6) is -1.81. The fourth-order valence-corrected chi connectivity index (χ4v) is 2.42. The normalized spacial score (nSPS) is 11.3. The lowest BCUT2D eigenvalue weighted by Crippen LogP contribution is -2.40. The van der Waals surface area contributed by atoms with Gasteiger partial charge >= 0.3 is 11.8 Å². The van der Waals surface area contributed by atoms with Gasteiger partial charge in [0.1, 0.15) is 0 Å². The Labute approximate surface area is 159 Å². The van der Waals surface area contributed by atoms with Gasteiger partial charge in [0.05, 0.1) is 11.3 Å². The van der Waals surface area contributed by atoms with Gasteiger partial charge in [0.15, 0.2) is 0 Å². The molecule has 0 spiro atoms. The van der Waals surface area contributed by atoms with E-state index in [9.17, 15) is 14.4 Å². The molecule has 27 heavy (non-hydrogen) atoms. The molecule has 6 nitrogen and oxygen atoms in total. The number of para-hydroxylation sites is 1. The summed E-state index contributed by atoms with van der Waals surface area (Å²) in [5, 5.41) is 7.96. The van der Waals surface area contributed by atoms with Gasteiger partial charge in [-0.3, -0.25) is 14.4 Å². The lowest BCUT2D eigenvalue weighted by Gasteiger charge is -2.13. The summed E-state index contributed by atoms with van der Waals surface area (Å²) < 4.78 is 0. The second-order valence-electron chi connectivity index (χ2n) is 6.27. The third kappa shape index (κ3) is 6.26. The van der Waals surface area contributed by atoms with Crippen molar-refractivity contribution in [2.45, 2.75) is 32.7 Å². The maximum atomic E-state index is 12.5. The first-order valence-corrected chi connectivity index (χ1v) is 9.04. The number of benzene rings is 2. The highest BCUT2D eigenvalue weighted by Crippen LogP contribution is 2.15. The smallest absolute Gasteiger partial charge is 0.313 e. The molecule has 6 heteroatoms. The molecule has 0 aliphatic heterocycles. The molecule has 0 heterocycles. The summed E-state index contributed by atoms with van der Waals surface area (Å²) in [6.07, 6.45) is 1.43. The standard InChI is InChI=1S/C21H25N3O3/c1-3-15(2)23-20(26)21(27)24-18-12-8-7-11-17(18)19(25)22-14-13-16-9-5-4-6-10-16/h4-12,15H,3,13-14H2,1-2H3,(H,22,25)(H,23,26)(H,24,27)/t15-/m0/s1. The fraction of sp³-hybridized carbons (Fsp3) is 0.286. The molecule has 0 fully saturated rings. The Hall–Kier alpha value is -3.15. The monoisotopic (exact) mass is 367 g/mol. The number of amides is 3.